The van der Waals surface area contributed by atoms with Crippen molar-refractivity contribution >= 4 is 28.3 Å². The van der Waals surface area contributed by atoms with E-state index in [4.69, 9.17) is 0 Å². The monoisotopic (exact) mass is 338 g/mol. The first kappa shape index (κ1) is 17.8. The molecule has 2 rings (SSSR count). The van der Waals surface area contributed by atoms with Crippen molar-refractivity contribution in [1.82, 2.24) is 15.5 Å². The van der Waals surface area contributed by atoms with Gasteiger partial charge in [0.1, 0.15) is 5.01 Å². The van der Waals surface area contributed by atoms with Gasteiger partial charge in [0.2, 0.25) is 16.9 Å². The Labute approximate surface area is 141 Å². The quantitative estimate of drug-likeness (QED) is 0.864. The highest BCUT2D eigenvalue weighted by Gasteiger charge is 2.43. The molecule has 6 nitrogen and oxygen atoms in total. The minimum absolute atomic E-state index is 0.0685. The second-order valence-corrected chi connectivity index (χ2v) is 8.33. The van der Waals surface area contributed by atoms with Gasteiger partial charge in [-0.15, -0.1) is 10.2 Å². The number of aromatic nitrogens is 2. The molecule has 1 saturated carbocycles. The van der Waals surface area contributed by atoms with E-state index < -0.39 is 5.41 Å². The summed E-state index contributed by atoms with van der Waals surface area (Å²) in [7, 11) is 0. The first-order valence-electron chi connectivity index (χ1n) is 8.19. The molecule has 1 aromatic heterocycles. The van der Waals surface area contributed by atoms with Crippen LogP contribution in [0.3, 0.4) is 0 Å². The van der Waals surface area contributed by atoms with Gasteiger partial charge in [-0.25, -0.2) is 0 Å². The highest BCUT2D eigenvalue weighted by Crippen LogP contribution is 2.42. The summed E-state index contributed by atoms with van der Waals surface area (Å²) in [4.78, 5) is 25.1. The topological polar surface area (TPSA) is 84.0 Å². The summed E-state index contributed by atoms with van der Waals surface area (Å²) < 4.78 is 0. The lowest BCUT2D eigenvalue weighted by Gasteiger charge is -2.29. The van der Waals surface area contributed by atoms with Gasteiger partial charge >= 0.3 is 0 Å². The van der Waals surface area contributed by atoms with Crippen molar-refractivity contribution in [3.63, 3.8) is 0 Å². The van der Waals surface area contributed by atoms with Crippen LogP contribution < -0.4 is 10.6 Å². The van der Waals surface area contributed by atoms with Crippen LogP contribution in [-0.4, -0.2) is 27.6 Å². The lowest BCUT2D eigenvalue weighted by Crippen LogP contribution is -2.45. The van der Waals surface area contributed by atoms with E-state index in [-0.39, 0.29) is 23.8 Å². The molecule has 1 heterocycles. The Morgan fingerprint density at radius 1 is 1.22 bits per heavy atom. The maximum absolute atomic E-state index is 12.8. The minimum atomic E-state index is -0.618. The lowest BCUT2D eigenvalue weighted by molar-refractivity contribution is -0.133. The van der Waals surface area contributed by atoms with Crippen LogP contribution in [0.15, 0.2) is 0 Å². The van der Waals surface area contributed by atoms with E-state index in [0.29, 0.717) is 5.13 Å². The van der Waals surface area contributed by atoms with Crippen LogP contribution in [-0.2, 0) is 16.0 Å². The van der Waals surface area contributed by atoms with Crippen molar-refractivity contribution in [3.05, 3.63) is 5.01 Å². The van der Waals surface area contributed by atoms with Crippen LogP contribution in [0, 0.1) is 5.41 Å². The Balaban J connectivity index is 2.07. The molecule has 0 atom stereocenters. The van der Waals surface area contributed by atoms with Crippen LogP contribution in [0.25, 0.3) is 0 Å². The average Bonchev–Trinajstić information content (AvgIpc) is 3.06. The molecule has 0 saturated heterocycles. The lowest BCUT2D eigenvalue weighted by atomic mass is 9.81. The summed E-state index contributed by atoms with van der Waals surface area (Å²) in [6.45, 7) is 7.83. The summed E-state index contributed by atoms with van der Waals surface area (Å²) in [5, 5.41) is 15.3. The van der Waals surface area contributed by atoms with Crippen LogP contribution in [0.4, 0.5) is 5.13 Å². The fourth-order valence-electron chi connectivity index (χ4n) is 2.98. The third-order valence-electron chi connectivity index (χ3n) is 4.05. The number of hydrogen-bond donors (Lipinski definition) is 2. The summed E-state index contributed by atoms with van der Waals surface area (Å²) >= 11 is 1.39. The van der Waals surface area contributed by atoms with E-state index in [2.05, 4.69) is 20.8 Å². The number of hydrogen-bond acceptors (Lipinski definition) is 5. The standard InChI is InChI=1S/C16H26N4O2S/c1-5-12-19-20-14(23-12)17-13(22)16(8-6-7-9-16)10-11(21)18-15(2,3)4/h5-10H2,1-4H3,(H,18,21)(H,17,20,22). The molecule has 128 valence electrons. The molecule has 7 heteroatoms. The maximum atomic E-state index is 12.8. The molecule has 1 aliphatic carbocycles. The van der Waals surface area contributed by atoms with E-state index in [0.717, 1.165) is 37.1 Å². The van der Waals surface area contributed by atoms with Gasteiger partial charge in [-0.3, -0.25) is 9.59 Å². The van der Waals surface area contributed by atoms with Gasteiger partial charge < -0.3 is 10.6 Å². The molecule has 0 radical (unpaired) electrons. The Morgan fingerprint density at radius 2 is 1.87 bits per heavy atom. The number of nitrogens with one attached hydrogen (secondary N) is 2. The predicted molar refractivity (Wildman–Crippen MR) is 91.3 cm³/mol. The summed E-state index contributed by atoms with van der Waals surface area (Å²) in [5.74, 6) is -0.168. The first-order chi connectivity index (χ1) is 10.7. The molecule has 0 unspecified atom stereocenters. The summed E-state index contributed by atoms with van der Waals surface area (Å²) in [6.07, 6.45) is 4.48. The second kappa shape index (κ2) is 6.95. The molecule has 0 aliphatic heterocycles. The number of anilines is 1. The Morgan fingerprint density at radius 3 is 2.39 bits per heavy atom. The number of nitrogens with zero attached hydrogens (tertiary/aromatic N) is 2. The molecule has 1 aliphatic rings. The molecule has 23 heavy (non-hydrogen) atoms. The van der Waals surface area contributed by atoms with Gasteiger partial charge in [0.25, 0.3) is 0 Å². The van der Waals surface area contributed by atoms with Crippen molar-refractivity contribution in [1.29, 1.82) is 0 Å². The van der Waals surface area contributed by atoms with E-state index in [1.807, 2.05) is 27.7 Å². The Bertz CT molecular complexity index is 571. The largest absolute Gasteiger partial charge is 0.351 e. The second-order valence-electron chi connectivity index (χ2n) is 7.27. The molecular weight excluding hydrogens is 312 g/mol. The van der Waals surface area contributed by atoms with Crippen LogP contribution in [0.1, 0.15) is 64.8 Å². The molecule has 1 fully saturated rings. The average molecular weight is 338 g/mol. The molecule has 0 aromatic carbocycles. The number of aryl methyl sites for hydroxylation is 1. The van der Waals surface area contributed by atoms with Crippen molar-refractivity contribution in [2.24, 2.45) is 5.41 Å². The van der Waals surface area contributed by atoms with Gasteiger partial charge in [-0.2, -0.15) is 0 Å². The van der Waals surface area contributed by atoms with Gasteiger partial charge in [0.05, 0.1) is 5.41 Å². The van der Waals surface area contributed by atoms with E-state index in [9.17, 15) is 9.59 Å². The first-order valence-corrected chi connectivity index (χ1v) is 9.01. The van der Waals surface area contributed by atoms with Gasteiger partial charge in [0.15, 0.2) is 0 Å². The molecule has 0 bridgehead atoms. The minimum Gasteiger partial charge on any atom is -0.351 e. The van der Waals surface area contributed by atoms with E-state index in [1.165, 1.54) is 11.3 Å². The van der Waals surface area contributed by atoms with Crippen molar-refractivity contribution in [2.75, 3.05) is 5.32 Å². The zero-order valence-corrected chi connectivity index (χ0v) is 15.2. The number of carbonyl (C=O) groups excluding carboxylic acids is 2. The third-order valence-corrected chi connectivity index (χ3v) is 5.03. The SMILES string of the molecule is CCc1nnc(NC(=O)C2(CC(=O)NC(C)(C)C)CCCC2)s1. The fraction of sp³-hybridized carbons (Fsp3) is 0.750. The van der Waals surface area contributed by atoms with Gasteiger partial charge in [0, 0.05) is 12.0 Å². The summed E-state index contributed by atoms with van der Waals surface area (Å²) in [5.41, 5.74) is -0.907. The molecule has 0 spiro atoms. The van der Waals surface area contributed by atoms with E-state index in [1.54, 1.807) is 0 Å². The zero-order valence-electron chi connectivity index (χ0n) is 14.4. The smallest absolute Gasteiger partial charge is 0.232 e. The van der Waals surface area contributed by atoms with Crippen molar-refractivity contribution in [2.45, 2.75) is 71.8 Å². The van der Waals surface area contributed by atoms with Crippen LogP contribution in [0.2, 0.25) is 0 Å². The number of carbonyl (C=O) groups is 2. The van der Waals surface area contributed by atoms with Crippen LogP contribution in [0.5, 0.6) is 0 Å². The van der Waals surface area contributed by atoms with E-state index >= 15 is 0 Å². The van der Waals surface area contributed by atoms with Gasteiger partial charge in [-0.05, 0) is 40.0 Å². The number of rotatable bonds is 5. The molecular formula is C16H26N4O2S. The number of amides is 2. The van der Waals surface area contributed by atoms with Crippen molar-refractivity contribution in [3.8, 4) is 0 Å². The zero-order chi connectivity index (χ0) is 17.1. The molecule has 1 aromatic rings. The van der Waals surface area contributed by atoms with Crippen molar-refractivity contribution < 1.29 is 9.59 Å². The predicted octanol–water partition coefficient (Wildman–Crippen LogP) is 2.90. The van der Waals surface area contributed by atoms with Crippen LogP contribution >= 0.6 is 11.3 Å². The highest BCUT2D eigenvalue weighted by molar-refractivity contribution is 7.15. The normalized spacial score (nSPS) is 17.0. The molecule has 2 N–H and O–H groups in total. The highest BCUT2D eigenvalue weighted by atomic mass is 32.1. The maximum Gasteiger partial charge on any atom is 0.232 e. The van der Waals surface area contributed by atoms with Gasteiger partial charge in [-0.1, -0.05) is 31.1 Å². The molecule has 2 amide bonds. The fourth-order valence-corrected chi connectivity index (χ4v) is 3.66. The Hall–Kier alpha value is -1.50. The summed E-state index contributed by atoms with van der Waals surface area (Å²) in [6, 6.07) is 0. The third kappa shape index (κ3) is 4.73. The Kier molecular flexibility index (Phi) is 5.39.